The SMILES string of the molecule is Cn1nnc(Br)c1C(N)C1CCCCO1. The fourth-order valence-corrected chi connectivity index (χ4v) is 2.51. The van der Waals surface area contributed by atoms with Crippen LogP contribution in [0, 0.1) is 0 Å². The number of nitrogens with zero attached hydrogens (tertiary/aromatic N) is 3. The number of halogens is 1. The molecule has 2 N–H and O–H groups in total. The summed E-state index contributed by atoms with van der Waals surface area (Å²) in [6.45, 7) is 0.807. The van der Waals surface area contributed by atoms with Crippen molar-refractivity contribution in [3.05, 3.63) is 10.3 Å². The standard InChI is InChI=1S/C9H15BrN4O/c1-14-8(9(10)12-13-14)7(11)6-4-2-3-5-15-6/h6-7H,2-5,11H2,1H3. The Bertz CT molecular complexity index is 315. The average molecular weight is 275 g/mol. The van der Waals surface area contributed by atoms with E-state index in [0.717, 1.165) is 25.1 Å². The Morgan fingerprint density at radius 3 is 2.93 bits per heavy atom. The summed E-state index contributed by atoms with van der Waals surface area (Å²) in [4.78, 5) is 0. The third kappa shape index (κ3) is 2.21. The lowest BCUT2D eigenvalue weighted by atomic mass is 10.0. The molecule has 1 saturated heterocycles. The molecule has 2 heterocycles. The first-order chi connectivity index (χ1) is 7.20. The number of ether oxygens (including phenoxy) is 1. The summed E-state index contributed by atoms with van der Waals surface area (Å²) in [5.41, 5.74) is 7.06. The summed E-state index contributed by atoms with van der Waals surface area (Å²) >= 11 is 3.35. The van der Waals surface area contributed by atoms with Crippen LogP contribution in [-0.2, 0) is 11.8 Å². The predicted octanol–water partition coefficient (Wildman–Crippen LogP) is 1.15. The lowest BCUT2D eigenvalue weighted by Gasteiger charge is -2.27. The summed E-state index contributed by atoms with van der Waals surface area (Å²) in [5.74, 6) is 0. The summed E-state index contributed by atoms with van der Waals surface area (Å²) in [5, 5.41) is 7.84. The summed E-state index contributed by atoms with van der Waals surface area (Å²) in [6.07, 6.45) is 3.42. The Morgan fingerprint density at radius 2 is 2.40 bits per heavy atom. The highest BCUT2D eigenvalue weighted by molar-refractivity contribution is 9.10. The molecule has 84 valence electrons. The maximum Gasteiger partial charge on any atom is 0.153 e. The molecule has 0 radical (unpaired) electrons. The van der Waals surface area contributed by atoms with Gasteiger partial charge in [-0.1, -0.05) is 5.21 Å². The van der Waals surface area contributed by atoms with Gasteiger partial charge in [-0.25, -0.2) is 4.68 Å². The van der Waals surface area contributed by atoms with E-state index in [9.17, 15) is 0 Å². The van der Waals surface area contributed by atoms with Gasteiger partial charge in [0.2, 0.25) is 0 Å². The molecule has 6 heteroatoms. The van der Waals surface area contributed by atoms with Crippen LogP contribution in [0.5, 0.6) is 0 Å². The van der Waals surface area contributed by atoms with Crippen molar-refractivity contribution in [1.29, 1.82) is 0 Å². The van der Waals surface area contributed by atoms with Gasteiger partial charge in [-0.05, 0) is 35.2 Å². The number of aromatic nitrogens is 3. The Labute approximate surface area is 97.1 Å². The zero-order chi connectivity index (χ0) is 10.8. The van der Waals surface area contributed by atoms with Gasteiger partial charge < -0.3 is 10.5 Å². The largest absolute Gasteiger partial charge is 0.376 e. The normalized spacial score (nSPS) is 24.1. The van der Waals surface area contributed by atoms with Gasteiger partial charge in [0.25, 0.3) is 0 Å². The number of nitrogens with two attached hydrogens (primary N) is 1. The van der Waals surface area contributed by atoms with Gasteiger partial charge in [-0.15, -0.1) is 5.10 Å². The van der Waals surface area contributed by atoms with E-state index in [-0.39, 0.29) is 12.1 Å². The second-order valence-corrected chi connectivity index (χ2v) is 4.57. The Morgan fingerprint density at radius 1 is 1.60 bits per heavy atom. The first-order valence-corrected chi connectivity index (χ1v) is 5.91. The van der Waals surface area contributed by atoms with Crippen LogP contribution in [0.2, 0.25) is 0 Å². The number of hydrogen-bond donors (Lipinski definition) is 1. The van der Waals surface area contributed by atoms with Crippen molar-refractivity contribution in [1.82, 2.24) is 15.0 Å². The topological polar surface area (TPSA) is 66.0 Å². The Kier molecular flexibility index (Phi) is 3.38. The molecule has 2 unspecified atom stereocenters. The lowest BCUT2D eigenvalue weighted by molar-refractivity contribution is -0.00158. The third-order valence-electron chi connectivity index (χ3n) is 2.76. The third-order valence-corrected chi connectivity index (χ3v) is 3.32. The molecule has 0 aromatic carbocycles. The Hall–Kier alpha value is -0.460. The Balaban J connectivity index is 2.15. The second kappa shape index (κ2) is 4.59. The molecule has 1 aromatic rings. The van der Waals surface area contributed by atoms with Gasteiger partial charge in [0, 0.05) is 13.7 Å². The predicted molar refractivity (Wildman–Crippen MR) is 59.2 cm³/mol. The van der Waals surface area contributed by atoms with Gasteiger partial charge in [0.15, 0.2) is 4.60 Å². The molecule has 0 aliphatic carbocycles. The van der Waals surface area contributed by atoms with Crippen LogP contribution in [0.15, 0.2) is 4.60 Å². The summed E-state index contributed by atoms with van der Waals surface area (Å²) < 4.78 is 8.07. The molecule has 1 aromatic heterocycles. The van der Waals surface area contributed by atoms with Gasteiger partial charge in [0.1, 0.15) is 0 Å². The van der Waals surface area contributed by atoms with Crippen molar-refractivity contribution in [3.63, 3.8) is 0 Å². The first kappa shape index (κ1) is 11.0. The van der Waals surface area contributed by atoms with Crippen molar-refractivity contribution in [2.45, 2.75) is 31.4 Å². The van der Waals surface area contributed by atoms with Crippen LogP contribution in [0.25, 0.3) is 0 Å². The van der Waals surface area contributed by atoms with Crippen molar-refractivity contribution in [2.24, 2.45) is 12.8 Å². The van der Waals surface area contributed by atoms with E-state index in [1.54, 1.807) is 4.68 Å². The maximum atomic E-state index is 6.16. The summed E-state index contributed by atoms with van der Waals surface area (Å²) in [6, 6.07) is -0.153. The van der Waals surface area contributed by atoms with E-state index in [1.807, 2.05) is 7.05 Å². The quantitative estimate of drug-likeness (QED) is 0.879. The molecule has 0 spiro atoms. The van der Waals surface area contributed by atoms with Gasteiger partial charge in [0.05, 0.1) is 17.8 Å². The van der Waals surface area contributed by atoms with Crippen LogP contribution in [0.1, 0.15) is 31.0 Å². The monoisotopic (exact) mass is 274 g/mol. The highest BCUT2D eigenvalue weighted by atomic mass is 79.9. The maximum absolute atomic E-state index is 6.16. The lowest BCUT2D eigenvalue weighted by Crippen LogP contribution is -2.33. The van der Waals surface area contributed by atoms with Gasteiger partial charge in [-0.2, -0.15) is 0 Å². The molecule has 2 atom stereocenters. The van der Waals surface area contributed by atoms with Crippen molar-refractivity contribution in [2.75, 3.05) is 6.61 Å². The van der Waals surface area contributed by atoms with Crippen molar-refractivity contribution in [3.8, 4) is 0 Å². The van der Waals surface area contributed by atoms with E-state index in [1.165, 1.54) is 6.42 Å². The van der Waals surface area contributed by atoms with Crippen molar-refractivity contribution < 1.29 is 4.74 Å². The molecule has 0 amide bonds. The van der Waals surface area contributed by atoms with Crippen molar-refractivity contribution >= 4 is 15.9 Å². The minimum Gasteiger partial charge on any atom is -0.376 e. The van der Waals surface area contributed by atoms with Crippen LogP contribution >= 0.6 is 15.9 Å². The smallest absolute Gasteiger partial charge is 0.153 e. The molecular formula is C9H15BrN4O. The molecule has 2 rings (SSSR count). The van der Waals surface area contributed by atoms with E-state index in [0.29, 0.717) is 4.60 Å². The highest BCUT2D eigenvalue weighted by Crippen LogP contribution is 2.27. The summed E-state index contributed by atoms with van der Waals surface area (Å²) in [7, 11) is 1.84. The zero-order valence-electron chi connectivity index (χ0n) is 8.69. The number of hydrogen-bond acceptors (Lipinski definition) is 4. The fraction of sp³-hybridized carbons (Fsp3) is 0.778. The highest BCUT2D eigenvalue weighted by Gasteiger charge is 2.27. The van der Waals surface area contributed by atoms with Crippen LogP contribution in [-0.4, -0.2) is 27.7 Å². The molecular weight excluding hydrogens is 260 g/mol. The minimum atomic E-state index is -0.153. The zero-order valence-corrected chi connectivity index (χ0v) is 10.3. The van der Waals surface area contributed by atoms with E-state index in [4.69, 9.17) is 10.5 Å². The minimum absolute atomic E-state index is 0.0900. The van der Waals surface area contributed by atoms with Crippen LogP contribution < -0.4 is 5.73 Å². The van der Waals surface area contributed by atoms with E-state index in [2.05, 4.69) is 26.2 Å². The number of rotatable bonds is 2. The molecule has 1 fully saturated rings. The van der Waals surface area contributed by atoms with Gasteiger partial charge in [-0.3, -0.25) is 0 Å². The van der Waals surface area contributed by atoms with Gasteiger partial charge >= 0.3 is 0 Å². The molecule has 1 aliphatic rings. The molecule has 1 aliphatic heterocycles. The number of aryl methyl sites for hydroxylation is 1. The molecule has 0 saturated carbocycles. The average Bonchev–Trinajstić information content (AvgIpc) is 2.59. The fourth-order valence-electron chi connectivity index (χ4n) is 1.92. The first-order valence-electron chi connectivity index (χ1n) is 5.12. The van der Waals surface area contributed by atoms with Crippen LogP contribution in [0.3, 0.4) is 0 Å². The second-order valence-electron chi connectivity index (χ2n) is 3.82. The van der Waals surface area contributed by atoms with E-state index < -0.39 is 0 Å². The van der Waals surface area contributed by atoms with E-state index >= 15 is 0 Å². The molecule has 15 heavy (non-hydrogen) atoms. The van der Waals surface area contributed by atoms with Crippen LogP contribution in [0.4, 0.5) is 0 Å². The molecule has 5 nitrogen and oxygen atoms in total. The molecule has 0 bridgehead atoms.